The first-order chi connectivity index (χ1) is 9.52. The number of nitrogens with one attached hydrogen (secondary N) is 2. The Morgan fingerprint density at radius 3 is 2.95 bits per heavy atom. The highest BCUT2D eigenvalue weighted by molar-refractivity contribution is 7.87. The van der Waals surface area contributed by atoms with Gasteiger partial charge in [0.25, 0.3) is 16.1 Å². The molecule has 2 N–H and O–H groups in total. The SMILES string of the molecule is CCNS(=O)(=O)N[C@H]1CCN(C(=O)c2ccccn2)C1. The molecular weight excluding hydrogens is 280 g/mol. The van der Waals surface area contributed by atoms with Gasteiger partial charge in [-0.3, -0.25) is 9.78 Å². The van der Waals surface area contributed by atoms with Gasteiger partial charge >= 0.3 is 0 Å². The number of carbonyl (C=O) groups is 1. The molecule has 1 fully saturated rings. The molecule has 1 aromatic heterocycles. The molecule has 0 bridgehead atoms. The fourth-order valence-corrected chi connectivity index (χ4v) is 3.24. The molecule has 8 heteroatoms. The van der Waals surface area contributed by atoms with Crippen LogP contribution in [0.2, 0.25) is 0 Å². The first-order valence-electron chi connectivity index (χ1n) is 6.49. The van der Waals surface area contributed by atoms with Gasteiger partial charge in [-0.1, -0.05) is 13.0 Å². The Bertz CT molecular complexity index is 561. The third kappa shape index (κ3) is 3.75. The van der Waals surface area contributed by atoms with Gasteiger partial charge in [-0.15, -0.1) is 0 Å². The van der Waals surface area contributed by atoms with Gasteiger partial charge in [0, 0.05) is 31.9 Å². The van der Waals surface area contributed by atoms with E-state index >= 15 is 0 Å². The Hall–Kier alpha value is -1.51. The Kier molecular flexibility index (Phi) is 4.69. The van der Waals surface area contributed by atoms with Crippen molar-refractivity contribution >= 4 is 16.1 Å². The van der Waals surface area contributed by atoms with Crippen LogP contribution in [0, 0.1) is 0 Å². The van der Waals surface area contributed by atoms with Crippen molar-refractivity contribution in [2.75, 3.05) is 19.6 Å². The first kappa shape index (κ1) is 14.9. The molecule has 0 radical (unpaired) electrons. The van der Waals surface area contributed by atoms with Gasteiger partial charge in [0.2, 0.25) is 0 Å². The monoisotopic (exact) mass is 298 g/mol. The standard InChI is InChI=1S/C12H18N4O3S/c1-2-14-20(18,19)15-10-6-8-16(9-10)12(17)11-5-3-4-7-13-11/h3-5,7,10,14-15H,2,6,8-9H2,1H3/t10-/m0/s1. The molecule has 0 unspecified atom stereocenters. The second kappa shape index (κ2) is 6.29. The van der Waals surface area contributed by atoms with Crippen molar-refractivity contribution in [2.45, 2.75) is 19.4 Å². The van der Waals surface area contributed by atoms with Gasteiger partial charge < -0.3 is 4.90 Å². The van der Waals surface area contributed by atoms with Gasteiger partial charge in [0.05, 0.1) is 0 Å². The summed E-state index contributed by atoms with van der Waals surface area (Å²) in [5.41, 5.74) is 0.377. The fourth-order valence-electron chi connectivity index (χ4n) is 2.14. The van der Waals surface area contributed by atoms with Crippen LogP contribution >= 0.6 is 0 Å². The molecule has 20 heavy (non-hydrogen) atoms. The molecule has 1 aromatic rings. The van der Waals surface area contributed by atoms with E-state index in [2.05, 4.69) is 14.4 Å². The molecule has 0 aliphatic carbocycles. The van der Waals surface area contributed by atoms with Gasteiger partial charge in [-0.05, 0) is 18.6 Å². The summed E-state index contributed by atoms with van der Waals surface area (Å²) in [5.74, 6) is -0.171. The van der Waals surface area contributed by atoms with E-state index in [0.29, 0.717) is 31.7 Å². The summed E-state index contributed by atoms with van der Waals surface area (Å²) >= 11 is 0. The summed E-state index contributed by atoms with van der Waals surface area (Å²) in [6.45, 7) is 2.93. The summed E-state index contributed by atoms with van der Waals surface area (Å²) in [4.78, 5) is 17.8. The second-order valence-electron chi connectivity index (χ2n) is 4.57. The highest BCUT2D eigenvalue weighted by Gasteiger charge is 2.29. The average Bonchev–Trinajstić information content (AvgIpc) is 2.86. The van der Waals surface area contributed by atoms with E-state index in [-0.39, 0.29) is 11.9 Å². The number of hydrogen-bond donors (Lipinski definition) is 2. The van der Waals surface area contributed by atoms with Gasteiger partial charge in [0.1, 0.15) is 5.69 Å². The average molecular weight is 298 g/mol. The molecule has 1 aliphatic rings. The highest BCUT2D eigenvalue weighted by atomic mass is 32.2. The van der Waals surface area contributed by atoms with E-state index in [1.54, 1.807) is 36.2 Å². The smallest absolute Gasteiger partial charge is 0.277 e. The molecule has 0 spiro atoms. The van der Waals surface area contributed by atoms with Crippen molar-refractivity contribution in [3.8, 4) is 0 Å². The predicted molar refractivity (Wildman–Crippen MR) is 74.3 cm³/mol. The van der Waals surface area contributed by atoms with Gasteiger partial charge in [-0.2, -0.15) is 13.1 Å². The molecule has 110 valence electrons. The van der Waals surface area contributed by atoms with Crippen molar-refractivity contribution in [3.63, 3.8) is 0 Å². The van der Waals surface area contributed by atoms with Gasteiger partial charge in [0.15, 0.2) is 0 Å². The molecule has 1 amide bonds. The fraction of sp³-hybridized carbons (Fsp3) is 0.500. The van der Waals surface area contributed by atoms with Crippen molar-refractivity contribution in [1.82, 2.24) is 19.3 Å². The third-order valence-corrected chi connectivity index (χ3v) is 4.33. The summed E-state index contributed by atoms with van der Waals surface area (Å²) in [7, 11) is -3.48. The number of hydrogen-bond acceptors (Lipinski definition) is 4. The minimum atomic E-state index is -3.48. The van der Waals surface area contributed by atoms with E-state index in [0.717, 1.165) is 0 Å². The number of aromatic nitrogens is 1. The second-order valence-corrected chi connectivity index (χ2v) is 6.10. The molecular formula is C12H18N4O3S. The van der Waals surface area contributed by atoms with E-state index in [1.165, 1.54) is 0 Å². The van der Waals surface area contributed by atoms with E-state index in [4.69, 9.17) is 0 Å². The van der Waals surface area contributed by atoms with Crippen LogP contribution in [0.25, 0.3) is 0 Å². The zero-order chi connectivity index (χ0) is 14.6. The van der Waals surface area contributed by atoms with E-state index in [9.17, 15) is 13.2 Å². The number of pyridine rings is 1. The van der Waals surface area contributed by atoms with Crippen LogP contribution in [0.3, 0.4) is 0 Å². The molecule has 2 rings (SSSR count). The number of carbonyl (C=O) groups excluding carboxylic acids is 1. The quantitative estimate of drug-likeness (QED) is 0.783. The summed E-state index contributed by atoms with van der Waals surface area (Å²) in [5, 5.41) is 0. The highest BCUT2D eigenvalue weighted by Crippen LogP contribution is 2.13. The maximum atomic E-state index is 12.2. The van der Waals surface area contributed by atoms with Crippen LogP contribution in [0.1, 0.15) is 23.8 Å². The Labute approximate surface area is 118 Å². The van der Waals surface area contributed by atoms with Crippen LogP contribution < -0.4 is 9.44 Å². The topological polar surface area (TPSA) is 91.4 Å². The zero-order valence-electron chi connectivity index (χ0n) is 11.2. The Balaban J connectivity index is 1.94. The van der Waals surface area contributed by atoms with Crippen molar-refractivity contribution in [1.29, 1.82) is 0 Å². The van der Waals surface area contributed by atoms with E-state index < -0.39 is 10.2 Å². The van der Waals surface area contributed by atoms with Crippen molar-refractivity contribution in [2.24, 2.45) is 0 Å². The zero-order valence-corrected chi connectivity index (χ0v) is 12.1. The first-order valence-corrected chi connectivity index (χ1v) is 7.97. The molecule has 7 nitrogen and oxygen atoms in total. The lowest BCUT2D eigenvalue weighted by Gasteiger charge is -2.16. The van der Waals surface area contributed by atoms with Crippen LogP contribution in [0.5, 0.6) is 0 Å². The van der Waals surface area contributed by atoms with Crippen LogP contribution in [0.4, 0.5) is 0 Å². The lowest BCUT2D eigenvalue weighted by Crippen LogP contribution is -2.44. The van der Waals surface area contributed by atoms with E-state index in [1.807, 2.05) is 0 Å². The lowest BCUT2D eigenvalue weighted by molar-refractivity contribution is 0.0784. The van der Waals surface area contributed by atoms with Crippen molar-refractivity contribution in [3.05, 3.63) is 30.1 Å². The number of likely N-dealkylation sites (tertiary alicyclic amines) is 1. The van der Waals surface area contributed by atoms with Crippen molar-refractivity contribution < 1.29 is 13.2 Å². The Morgan fingerprint density at radius 2 is 2.30 bits per heavy atom. The molecule has 0 saturated carbocycles. The molecule has 1 aliphatic heterocycles. The summed E-state index contributed by atoms with van der Waals surface area (Å²) in [6, 6.07) is 4.89. The minimum absolute atomic E-state index is 0.171. The van der Waals surface area contributed by atoms with Crippen LogP contribution in [-0.4, -0.2) is 49.9 Å². The molecule has 1 atom stereocenters. The molecule has 1 saturated heterocycles. The maximum absolute atomic E-state index is 12.2. The molecule has 2 heterocycles. The maximum Gasteiger partial charge on any atom is 0.277 e. The number of amides is 1. The largest absolute Gasteiger partial charge is 0.336 e. The number of nitrogens with zero attached hydrogens (tertiary/aromatic N) is 2. The molecule has 0 aromatic carbocycles. The Morgan fingerprint density at radius 1 is 1.50 bits per heavy atom. The predicted octanol–water partition coefficient (Wildman–Crippen LogP) is -0.260. The number of rotatable bonds is 5. The third-order valence-electron chi connectivity index (χ3n) is 3.02. The lowest BCUT2D eigenvalue weighted by atomic mass is 10.3. The van der Waals surface area contributed by atoms with Gasteiger partial charge in [-0.25, -0.2) is 4.72 Å². The minimum Gasteiger partial charge on any atom is -0.336 e. The summed E-state index contributed by atoms with van der Waals surface area (Å²) < 4.78 is 28.1. The van der Waals surface area contributed by atoms with Crippen LogP contribution in [0.15, 0.2) is 24.4 Å². The van der Waals surface area contributed by atoms with Crippen LogP contribution in [-0.2, 0) is 10.2 Å². The normalized spacial score (nSPS) is 19.2. The summed E-state index contributed by atoms with van der Waals surface area (Å²) in [6.07, 6.45) is 2.16.